The largest absolute Gasteiger partial charge is 0.355 e. The maximum Gasteiger partial charge on any atom is 0.253 e. The predicted molar refractivity (Wildman–Crippen MR) is 216 cm³/mol. The lowest BCUT2D eigenvalue weighted by molar-refractivity contribution is -0.603. The summed E-state index contributed by atoms with van der Waals surface area (Å²) in [5, 5.41) is 16.5. The summed E-state index contributed by atoms with van der Waals surface area (Å²) in [6.07, 6.45) is 12.3. The number of rotatable bonds is 16. The number of nitrogens with zero attached hydrogens (tertiary/aromatic N) is 3. The summed E-state index contributed by atoms with van der Waals surface area (Å²) >= 11 is 0. The lowest BCUT2D eigenvalue weighted by Gasteiger charge is -2.91. The van der Waals surface area contributed by atoms with Crippen molar-refractivity contribution in [1.29, 1.82) is 5.41 Å². The minimum atomic E-state index is -0.328. The highest BCUT2D eigenvalue weighted by Crippen LogP contribution is 2.93. The number of carbonyl (C=O) groups is 2. The van der Waals surface area contributed by atoms with Gasteiger partial charge in [-0.2, -0.15) is 0 Å². The molecule has 0 bridgehead atoms. The fourth-order valence-corrected chi connectivity index (χ4v) is 11.7. The lowest BCUT2D eigenvalue weighted by Crippen LogP contribution is -2.85. The van der Waals surface area contributed by atoms with Gasteiger partial charge in [-0.25, -0.2) is 4.98 Å². The molecule has 4 aliphatic carbocycles. The summed E-state index contributed by atoms with van der Waals surface area (Å²) in [4.78, 5) is 51.9. The number of hydrogen-bond donors (Lipinski definition) is 5. The molecule has 2 aromatic heterocycles. The van der Waals surface area contributed by atoms with Crippen molar-refractivity contribution in [2.45, 2.75) is 91.6 Å². The van der Waals surface area contributed by atoms with Gasteiger partial charge in [0.2, 0.25) is 5.91 Å². The Morgan fingerprint density at radius 2 is 1.82 bits per heavy atom. The van der Waals surface area contributed by atoms with Crippen molar-refractivity contribution >= 4 is 29.5 Å². The SMILES string of the molecule is CCCc1cc(C)[nH]c(=O)c1CNC(=O)c1cc(-c2ccc(N3CCN(CCNC(=O)CCC45CC6CC7CC(C4)C765)CC3)nc2)cc([NH2+]C(C)C)c1C=N. The third-order valence-corrected chi connectivity index (χ3v) is 14.1. The number of aryl methyl sites for hydroxylation is 2. The monoisotopic (exact) mass is 747 g/mol. The average Bonchev–Trinajstić information content (AvgIpc) is 3.13. The molecular formula is C44H59N8O3+. The van der Waals surface area contributed by atoms with E-state index in [-0.39, 0.29) is 30.0 Å². The Labute approximate surface area is 325 Å². The Balaban J connectivity index is 0.859. The van der Waals surface area contributed by atoms with E-state index < -0.39 is 0 Å². The van der Waals surface area contributed by atoms with Crippen LogP contribution in [0.25, 0.3) is 11.1 Å². The van der Waals surface area contributed by atoms with E-state index in [4.69, 9.17) is 10.4 Å². The van der Waals surface area contributed by atoms with Crippen molar-refractivity contribution in [2.75, 3.05) is 44.2 Å². The maximum atomic E-state index is 13.8. The van der Waals surface area contributed by atoms with Gasteiger partial charge in [-0.3, -0.25) is 19.3 Å². The number of hydrogen-bond acceptors (Lipinski definition) is 7. The van der Waals surface area contributed by atoms with Crippen LogP contribution in [-0.2, 0) is 17.8 Å². The maximum absolute atomic E-state index is 13.8. The summed E-state index contributed by atoms with van der Waals surface area (Å²) in [7, 11) is 0. The number of nitrogens with two attached hydrogens (primary N) is 1. The van der Waals surface area contributed by atoms with E-state index in [9.17, 15) is 14.4 Å². The molecule has 11 heteroatoms. The van der Waals surface area contributed by atoms with Crippen molar-refractivity contribution in [3.05, 3.63) is 74.8 Å². The molecule has 3 aromatic rings. The van der Waals surface area contributed by atoms with Crippen molar-refractivity contribution in [3.63, 3.8) is 0 Å². The van der Waals surface area contributed by atoms with Gasteiger partial charge in [-0.1, -0.05) is 13.3 Å². The molecular weight excluding hydrogens is 689 g/mol. The molecule has 55 heavy (non-hydrogen) atoms. The number of nitrogens with one attached hydrogen (secondary N) is 4. The zero-order chi connectivity index (χ0) is 38.5. The first kappa shape index (κ1) is 37.6. The Morgan fingerprint density at radius 3 is 2.45 bits per heavy atom. The van der Waals surface area contributed by atoms with E-state index >= 15 is 0 Å². The highest BCUT2D eigenvalue weighted by atomic mass is 16.2. The summed E-state index contributed by atoms with van der Waals surface area (Å²) < 4.78 is 0. The van der Waals surface area contributed by atoms with Gasteiger partial charge >= 0.3 is 0 Å². The van der Waals surface area contributed by atoms with E-state index in [0.29, 0.717) is 40.5 Å². The summed E-state index contributed by atoms with van der Waals surface area (Å²) in [6.45, 7) is 13.3. The summed E-state index contributed by atoms with van der Waals surface area (Å²) in [6, 6.07) is 10.1. The van der Waals surface area contributed by atoms with Crippen LogP contribution in [0, 0.1) is 40.9 Å². The van der Waals surface area contributed by atoms with E-state index in [1.807, 2.05) is 37.4 Å². The number of carbonyl (C=O) groups excluding carboxylic acids is 2. The number of pyridine rings is 2. The third kappa shape index (κ3) is 6.60. The quantitative estimate of drug-likeness (QED) is 0.106. The smallest absolute Gasteiger partial charge is 0.253 e. The number of benzene rings is 1. The molecule has 2 atom stereocenters. The van der Waals surface area contributed by atoms with Gasteiger partial charge in [-0.15, -0.1) is 0 Å². The number of aromatic amines is 1. The third-order valence-electron chi connectivity index (χ3n) is 14.1. The second-order valence-corrected chi connectivity index (χ2v) is 17.6. The Kier molecular flexibility index (Phi) is 10.2. The number of anilines is 1. The van der Waals surface area contributed by atoms with Gasteiger partial charge in [0, 0.05) is 87.5 Å². The molecule has 2 amide bonds. The molecule has 5 aliphatic rings. The first-order chi connectivity index (χ1) is 26.5. The second kappa shape index (κ2) is 15.0. The fraction of sp³-hybridized carbons (Fsp3) is 0.568. The topological polar surface area (TPSA) is 151 Å². The van der Waals surface area contributed by atoms with Gasteiger partial charge in [0.25, 0.3) is 11.5 Å². The van der Waals surface area contributed by atoms with Crippen molar-refractivity contribution < 1.29 is 14.9 Å². The first-order valence-electron chi connectivity index (χ1n) is 20.8. The van der Waals surface area contributed by atoms with Crippen LogP contribution < -0.4 is 26.4 Å². The molecule has 2 unspecified atom stereocenters. The van der Waals surface area contributed by atoms with E-state index in [2.05, 4.69) is 57.6 Å². The zero-order valence-corrected chi connectivity index (χ0v) is 33.1. The van der Waals surface area contributed by atoms with Crippen molar-refractivity contribution in [3.8, 4) is 11.1 Å². The van der Waals surface area contributed by atoms with Crippen LogP contribution in [0.2, 0.25) is 0 Å². The van der Waals surface area contributed by atoms with Gasteiger partial charge in [0.1, 0.15) is 11.5 Å². The molecule has 11 nitrogen and oxygen atoms in total. The molecule has 0 radical (unpaired) electrons. The zero-order valence-electron chi connectivity index (χ0n) is 33.1. The predicted octanol–water partition coefficient (Wildman–Crippen LogP) is 4.68. The van der Waals surface area contributed by atoms with Crippen LogP contribution in [0.1, 0.15) is 98.5 Å². The first-order valence-corrected chi connectivity index (χ1v) is 20.8. The Morgan fingerprint density at radius 1 is 1.05 bits per heavy atom. The van der Waals surface area contributed by atoms with Crippen LogP contribution in [0.4, 0.5) is 11.5 Å². The number of quaternary nitrogens is 1. The highest BCUT2D eigenvalue weighted by molar-refractivity contribution is 6.05. The van der Waals surface area contributed by atoms with Gasteiger partial charge in [0.15, 0.2) is 0 Å². The van der Waals surface area contributed by atoms with E-state index in [1.165, 1.54) is 31.9 Å². The number of H-pyrrole nitrogens is 1. The van der Waals surface area contributed by atoms with E-state index in [1.54, 1.807) is 0 Å². The molecule has 1 aromatic carbocycles. The lowest BCUT2D eigenvalue weighted by atomic mass is 9.13. The number of aromatic nitrogens is 2. The molecule has 6 N–H and O–H groups in total. The van der Waals surface area contributed by atoms with Crippen LogP contribution >= 0.6 is 0 Å². The minimum Gasteiger partial charge on any atom is -0.355 e. The van der Waals surface area contributed by atoms with Crippen LogP contribution in [0.15, 0.2) is 41.3 Å². The molecule has 5 fully saturated rings. The van der Waals surface area contributed by atoms with Crippen molar-refractivity contribution in [1.82, 2.24) is 25.5 Å². The molecule has 292 valence electrons. The molecule has 1 aliphatic heterocycles. The normalized spacial score (nSPS) is 26.1. The molecule has 1 saturated heterocycles. The molecule has 4 saturated carbocycles. The highest BCUT2D eigenvalue weighted by Gasteiger charge is 2.86. The minimum absolute atomic E-state index is 0.106. The summed E-state index contributed by atoms with van der Waals surface area (Å²) in [5.74, 6) is 3.83. The van der Waals surface area contributed by atoms with Crippen LogP contribution in [0.5, 0.6) is 0 Å². The second-order valence-electron chi connectivity index (χ2n) is 17.6. The van der Waals surface area contributed by atoms with Gasteiger partial charge in [-0.05, 0) is 123 Å². The van der Waals surface area contributed by atoms with Crippen LogP contribution in [-0.4, -0.2) is 78.2 Å². The Bertz CT molecular complexity index is 1990. The standard InChI is InChI=1S/C44H58N8O3/c1-5-6-29-17-28(4)50-42(55)37(29)26-48-41(54)35-18-31(19-38(36(35)24-45)49-27(2)3)30-7-8-39(47-25-30)52-15-13-51(14-16-52)12-11-46-40(53)9-10-43-22-33-20-32-21-34(23-43)44(32,33)43/h7-8,17-19,24-25,27,32-34,45,49H,5-6,9-16,20-23,26H2,1-4H3,(H,46,53)(H,48,54)(H,50,55)/p+1. The van der Waals surface area contributed by atoms with Crippen LogP contribution in [0.3, 0.4) is 0 Å². The van der Waals surface area contributed by atoms with Crippen molar-refractivity contribution in [2.24, 2.45) is 28.6 Å². The summed E-state index contributed by atoms with van der Waals surface area (Å²) in [5.41, 5.74) is 6.86. The van der Waals surface area contributed by atoms with Gasteiger partial charge in [0.05, 0.1) is 17.2 Å². The average molecular weight is 748 g/mol. The molecule has 3 heterocycles. The Hall–Kier alpha value is -4.35. The number of piperazine rings is 1. The molecule has 8 rings (SSSR count). The number of amides is 2. The van der Waals surface area contributed by atoms with E-state index in [0.717, 1.165) is 104 Å². The fourth-order valence-electron chi connectivity index (χ4n) is 11.7. The molecule has 1 spiro atoms. The van der Waals surface area contributed by atoms with Gasteiger partial charge < -0.3 is 31.2 Å².